The summed E-state index contributed by atoms with van der Waals surface area (Å²) in [4.78, 5) is 6.41. The van der Waals surface area contributed by atoms with Gasteiger partial charge in [0.15, 0.2) is 0 Å². The van der Waals surface area contributed by atoms with Crippen LogP contribution in [0.1, 0.15) is 18.1 Å². The zero-order valence-corrected chi connectivity index (χ0v) is 14.7. The Bertz CT molecular complexity index is 898. The van der Waals surface area contributed by atoms with Gasteiger partial charge in [0.2, 0.25) is 9.84 Å². The van der Waals surface area contributed by atoms with E-state index in [1.54, 1.807) is 31.5 Å². The van der Waals surface area contributed by atoms with E-state index < -0.39 is 9.84 Å². The summed E-state index contributed by atoms with van der Waals surface area (Å²) in [5.74, 6) is 0. The third-order valence-electron chi connectivity index (χ3n) is 3.65. The van der Waals surface area contributed by atoms with E-state index >= 15 is 0 Å². The Labute approximate surface area is 142 Å². The molecule has 2 aromatic rings. The van der Waals surface area contributed by atoms with E-state index in [0.29, 0.717) is 11.3 Å². The lowest BCUT2D eigenvalue weighted by molar-refractivity contribution is 0.552. The van der Waals surface area contributed by atoms with Crippen LogP contribution in [-0.4, -0.2) is 33.2 Å². The predicted molar refractivity (Wildman–Crippen MR) is 94.2 cm³/mol. The molecule has 0 unspecified atom stereocenters. The Morgan fingerprint density at radius 3 is 2.50 bits per heavy atom. The summed E-state index contributed by atoms with van der Waals surface area (Å²) in [6.07, 6.45) is 1.66. The monoisotopic (exact) mass is 341 g/mol. The van der Waals surface area contributed by atoms with Crippen molar-refractivity contribution in [1.82, 2.24) is 4.90 Å². The van der Waals surface area contributed by atoms with Gasteiger partial charge in [-0.3, -0.25) is 0 Å². The molecule has 0 N–H and O–H groups in total. The minimum absolute atomic E-state index is 0.0106. The number of sulfone groups is 1. The predicted octanol–water partition coefficient (Wildman–Crippen LogP) is 3.31. The first kappa shape index (κ1) is 17.7. The summed E-state index contributed by atoms with van der Waals surface area (Å²) in [6.45, 7) is 4.58. The highest BCUT2D eigenvalue weighted by Crippen LogP contribution is 2.30. The van der Waals surface area contributed by atoms with Crippen molar-refractivity contribution in [1.29, 1.82) is 5.26 Å². The summed E-state index contributed by atoms with van der Waals surface area (Å²) in [6, 6.07) is 13.1. The standard InChI is InChI=1S/C18H19N3O2S/c1-4-21(3)13-20-17-11-15(12-19)18(10-14(17)2)24(22,23)16-8-6-5-7-9-16/h5-11,13H,4H2,1-3H3/b20-13+. The number of aliphatic imine (C=N–C) groups is 1. The Hall–Kier alpha value is -2.65. The van der Waals surface area contributed by atoms with Crippen molar-refractivity contribution in [2.45, 2.75) is 23.6 Å². The molecule has 24 heavy (non-hydrogen) atoms. The minimum Gasteiger partial charge on any atom is -0.366 e. The van der Waals surface area contributed by atoms with Crippen LogP contribution < -0.4 is 0 Å². The molecule has 0 saturated heterocycles. The topological polar surface area (TPSA) is 73.5 Å². The average Bonchev–Trinajstić information content (AvgIpc) is 2.60. The highest BCUT2D eigenvalue weighted by atomic mass is 32.2. The summed E-state index contributed by atoms with van der Waals surface area (Å²) in [5, 5.41) is 9.39. The molecule has 0 heterocycles. The fourth-order valence-corrected chi connectivity index (χ4v) is 3.58. The van der Waals surface area contributed by atoms with Gasteiger partial charge in [0.1, 0.15) is 6.07 Å². The molecule has 2 rings (SSSR count). The molecule has 5 nitrogen and oxygen atoms in total. The van der Waals surface area contributed by atoms with E-state index in [9.17, 15) is 13.7 Å². The quantitative estimate of drug-likeness (QED) is 0.618. The molecule has 0 atom stereocenters. The summed E-state index contributed by atoms with van der Waals surface area (Å²) < 4.78 is 25.6. The molecule has 0 radical (unpaired) electrons. The maximum Gasteiger partial charge on any atom is 0.207 e. The Morgan fingerprint density at radius 1 is 1.25 bits per heavy atom. The number of aryl methyl sites for hydroxylation is 1. The van der Waals surface area contributed by atoms with E-state index in [1.807, 2.05) is 24.9 Å². The van der Waals surface area contributed by atoms with Gasteiger partial charge >= 0.3 is 0 Å². The van der Waals surface area contributed by atoms with Gasteiger partial charge in [-0.2, -0.15) is 5.26 Å². The maximum absolute atomic E-state index is 12.8. The second-order valence-electron chi connectivity index (χ2n) is 5.38. The van der Waals surface area contributed by atoms with Gasteiger partial charge in [0, 0.05) is 13.6 Å². The number of hydrogen-bond acceptors (Lipinski definition) is 4. The second kappa shape index (κ2) is 7.28. The Kier molecular flexibility index (Phi) is 5.37. The van der Waals surface area contributed by atoms with Crippen molar-refractivity contribution in [3.63, 3.8) is 0 Å². The van der Waals surface area contributed by atoms with Crippen LogP contribution in [0.5, 0.6) is 0 Å². The van der Waals surface area contributed by atoms with Gasteiger partial charge in [-0.15, -0.1) is 0 Å². The van der Waals surface area contributed by atoms with Crippen LogP contribution in [0, 0.1) is 18.3 Å². The van der Waals surface area contributed by atoms with Crippen LogP contribution in [0.3, 0.4) is 0 Å². The number of hydrogen-bond donors (Lipinski definition) is 0. The van der Waals surface area contributed by atoms with Crippen molar-refractivity contribution < 1.29 is 8.42 Å². The summed E-state index contributed by atoms with van der Waals surface area (Å²) in [7, 11) is -1.85. The van der Waals surface area contributed by atoms with Crippen LogP contribution in [0.4, 0.5) is 5.69 Å². The molecule has 124 valence electrons. The molecular weight excluding hydrogens is 322 g/mol. The van der Waals surface area contributed by atoms with Crippen molar-refractivity contribution in [2.24, 2.45) is 4.99 Å². The van der Waals surface area contributed by atoms with Gasteiger partial charge in [-0.25, -0.2) is 13.4 Å². The number of nitrogens with zero attached hydrogens (tertiary/aromatic N) is 3. The van der Waals surface area contributed by atoms with E-state index in [-0.39, 0.29) is 15.4 Å². The third-order valence-corrected chi connectivity index (χ3v) is 5.46. The molecular formula is C18H19N3O2S. The van der Waals surface area contributed by atoms with E-state index in [1.165, 1.54) is 24.3 Å². The first-order valence-corrected chi connectivity index (χ1v) is 8.97. The third kappa shape index (κ3) is 3.63. The van der Waals surface area contributed by atoms with E-state index in [4.69, 9.17) is 0 Å². The van der Waals surface area contributed by atoms with Gasteiger partial charge in [-0.05, 0) is 43.7 Å². The smallest absolute Gasteiger partial charge is 0.207 e. The molecule has 6 heteroatoms. The molecule has 0 spiro atoms. The van der Waals surface area contributed by atoms with Gasteiger partial charge in [0.25, 0.3) is 0 Å². The average molecular weight is 341 g/mol. The zero-order chi connectivity index (χ0) is 17.7. The molecule has 0 fully saturated rings. The highest BCUT2D eigenvalue weighted by Gasteiger charge is 2.22. The lowest BCUT2D eigenvalue weighted by Gasteiger charge is -2.11. The second-order valence-corrected chi connectivity index (χ2v) is 7.30. The lowest BCUT2D eigenvalue weighted by Crippen LogP contribution is -2.14. The summed E-state index contributed by atoms with van der Waals surface area (Å²) in [5.41, 5.74) is 1.37. The van der Waals surface area contributed by atoms with Crippen molar-refractivity contribution in [3.05, 3.63) is 53.6 Å². The van der Waals surface area contributed by atoms with Crippen LogP contribution >= 0.6 is 0 Å². The first-order valence-electron chi connectivity index (χ1n) is 7.49. The van der Waals surface area contributed by atoms with Crippen molar-refractivity contribution in [3.8, 4) is 6.07 Å². The van der Waals surface area contributed by atoms with Crippen molar-refractivity contribution >= 4 is 21.9 Å². The van der Waals surface area contributed by atoms with Crippen LogP contribution in [0.15, 0.2) is 57.2 Å². The molecule has 0 saturated carbocycles. The molecule has 2 aromatic carbocycles. The van der Waals surface area contributed by atoms with Gasteiger partial charge in [-0.1, -0.05) is 18.2 Å². The van der Waals surface area contributed by atoms with E-state index in [0.717, 1.165) is 6.54 Å². The Morgan fingerprint density at radius 2 is 1.92 bits per heavy atom. The highest BCUT2D eigenvalue weighted by molar-refractivity contribution is 7.91. The number of rotatable bonds is 5. The van der Waals surface area contributed by atoms with Crippen LogP contribution in [0.2, 0.25) is 0 Å². The number of benzene rings is 2. The normalized spacial score (nSPS) is 11.4. The fraction of sp³-hybridized carbons (Fsp3) is 0.222. The van der Waals surface area contributed by atoms with Crippen LogP contribution in [0.25, 0.3) is 0 Å². The van der Waals surface area contributed by atoms with Gasteiger partial charge < -0.3 is 4.90 Å². The maximum atomic E-state index is 12.8. The Balaban J connectivity index is 2.56. The molecule has 0 amide bonds. The first-order chi connectivity index (χ1) is 11.4. The fourth-order valence-electron chi connectivity index (χ4n) is 2.09. The van der Waals surface area contributed by atoms with Crippen molar-refractivity contribution in [2.75, 3.05) is 13.6 Å². The van der Waals surface area contributed by atoms with Crippen LogP contribution in [-0.2, 0) is 9.84 Å². The minimum atomic E-state index is -3.74. The molecule has 0 aliphatic heterocycles. The lowest BCUT2D eigenvalue weighted by atomic mass is 10.1. The molecule has 0 aliphatic rings. The van der Waals surface area contributed by atoms with E-state index in [2.05, 4.69) is 4.99 Å². The number of nitriles is 1. The largest absolute Gasteiger partial charge is 0.366 e. The zero-order valence-electron chi connectivity index (χ0n) is 13.9. The summed E-state index contributed by atoms with van der Waals surface area (Å²) >= 11 is 0. The molecule has 0 aliphatic carbocycles. The van der Waals surface area contributed by atoms with Gasteiger partial charge in [0.05, 0.1) is 27.4 Å². The molecule has 0 aromatic heterocycles. The molecule has 0 bridgehead atoms. The SMILES string of the molecule is CCN(C)/C=N/c1cc(C#N)c(S(=O)(=O)c2ccccc2)cc1C.